The lowest BCUT2D eigenvalue weighted by molar-refractivity contribution is -0.130. The number of esters is 1. The van der Waals surface area contributed by atoms with E-state index in [9.17, 15) is 15.0 Å². The lowest BCUT2D eigenvalue weighted by atomic mass is 9.94. The lowest BCUT2D eigenvalue weighted by Gasteiger charge is -2.27. The fraction of sp³-hybridized carbons (Fsp3) is 0.409. The first-order valence-electron chi connectivity index (χ1n) is 9.65. The van der Waals surface area contributed by atoms with Crippen LogP contribution in [0.3, 0.4) is 0 Å². The second kappa shape index (κ2) is 8.01. The highest BCUT2D eigenvalue weighted by atomic mass is 16.7. The Bertz CT molecular complexity index is 812. The van der Waals surface area contributed by atoms with Gasteiger partial charge in [0.1, 0.15) is 5.75 Å². The molecule has 0 bridgehead atoms. The van der Waals surface area contributed by atoms with Crippen LogP contribution in [0.2, 0.25) is 0 Å². The molecule has 3 rings (SSSR count). The van der Waals surface area contributed by atoms with E-state index in [1.807, 2.05) is 6.07 Å². The molecule has 0 aliphatic carbocycles. The van der Waals surface area contributed by atoms with Gasteiger partial charge >= 0.3 is 5.97 Å². The van der Waals surface area contributed by atoms with Gasteiger partial charge in [-0.15, -0.1) is 0 Å². The highest BCUT2D eigenvalue weighted by Gasteiger charge is 2.47. The Morgan fingerprint density at radius 3 is 2.30 bits per heavy atom. The lowest BCUT2D eigenvalue weighted by Crippen LogP contribution is -2.28. The van der Waals surface area contributed by atoms with Gasteiger partial charge in [0.05, 0.1) is 11.1 Å². The van der Waals surface area contributed by atoms with Gasteiger partial charge in [-0.2, -0.15) is 0 Å². The van der Waals surface area contributed by atoms with E-state index in [4.69, 9.17) is 4.74 Å². The topological polar surface area (TPSA) is 70.0 Å². The van der Waals surface area contributed by atoms with E-state index in [1.165, 1.54) is 0 Å². The number of fused-ring (bicyclic) bond motifs is 1. The SMILES string of the molecule is CCCCN(CCCC)c1ccc([C@]2(O)OC(=O)c3ccccc32)c(O)c1. The zero-order chi connectivity index (χ0) is 19.4. The Morgan fingerprint density at radius 2 is 1.67 bits per heavy atom. The zero-order valence-corrected chi connectivity index (χ0v) is 15.9. The standard InChI is InChI=1S/C22H27NO4/c1-3-5-13-23(14-6-4-2)16-11-12-19(20(24)15-16)22(26)18-10-8-7-9-17(18)21(25)27-22/h7-12,15,24,26H,3-6,13-14H2,1-2H3/t22-/m1/s1. The summed E-state index contributed by atoms with van der Waals surface area (Å²) in [5.74, 6) is -2.64. The summed E-state index contributed by atoms with van der Waals surface area (Å²) in [5, 5.41) is 21.7. The van der Waals surface area contributed by atoms with Gasteiger partial charge in [-0.1, -0.05) is 44.9 Å². The second-order valence-electron chi connectivity index (χ2n) is 6.97. The number of hydrogen-bond donors (Lipinski definition) is 2. The predicted octanol–water partition coefficient (Wildman–Crippen LogP) is 4.16. The summed E-state index contributed by atoms with van der Waals surface area (Å²) >= 11 is 0. The van der Waals surface area contributed by atoms with Crippen molar-refractivity contribution < 1.29 is 19.7 Å². The van der Waals surface area contributed by atoms with Crippen molar-refractivity contribution in [3.05, 3.63) is 59.2 Å². The number of carbonyl (C=O) groups excluding carboxylic acids is 1. The van der Waals surface area contributed by atoms with E-state index >= 15 is 0 Å². The zero-order valence-electron chi connectivity index (χ0n) is 15.9. The molecule has 0 amide bonds. The van der Waals surface area contributed by atoms with Crippen molar-refractivity contribution in [1.82, 2.24) is 0 Å². The van der Waals surface area contributed by atoms with Gasteiger partial charge in [-0.3, -0.25) is 0 Å². The molecular weight excluding hydrogens is 342 g/mol. The summed E-state index contributed by atoms with van der Waals surface area (Å²) in [6, 6.07) is 11.9. The molecule has 2 aromatic carbocycles. The number of aliphatic hydroxyl groups is 1. The van der Waals surface area contributed by atoms with Gasteiger partial charge in [0.15, 0.2) is 0 Å². The smallest absolute Gasteiger partial charge is 0.341 e. The summed E-state index contributed by atoms with van der Waals surface area (Å²) in [4.78, 5) is 14.4. The molecule has 1 aliphatic heterocycles. The molecule has 0 radical (unpaired) electrons. The number of rotatable bonds is 8. The van der Waals surface area contributed by atoms with Crippen LogP contribution in [-0.4, -0.2) is 29.3 Å². The summed E-state index contributed by atoms with van der Waals surface area (Å²) in [7, 11) is 0. The molecule has 5 heteroatoms. The van der Waals surface area contributed by atoms with Gasteiger partial charge in [0.25, 0.3) is 5.79 Å². The minimum absolute atomic E-state index is 0.0856. The van der Waals surface area contributed by atoms with Crippen LogP contribution in [0.1, 0.15) is 61.0 Å². The number of unbranched alkanes of at least 4 members (excludes halogenated alkanes) is 2. The molecular formula is C22H27NO4. The van der Waals surface area contributed by atoms with Crippen LogP contribution in [0.15, 0.2) is 42.5 Å². The molecule has 5 nitrogen and oxygen atoms in total. The van der Waals surface area contributed by atoms with Crippen molar-refractivity contribution >= 4 is 11.7 Å². The van der Waals surface area contributed by atoms with E-state index < -0.39 is 11.8 Å². The molecule has 1 heterocycles. The summed E-state index contributed by atoms with van der Waals surface area (Å²) in [6.07, 6.45) is 4.33. The second-order valence-corrected chi connectivity index (χ2v) is 6.97. The van der Waals surface area contributed by atoms with Crippen LogP contribution in [-0.2, 0) is 10.5 Å². The summed E-state index contributed by atoms with van der Waals surface area (Å²) in [6.45, 7) is 6.13. The van der Waals surface area contributed by atoms with Gasteiger partial charge < -0.3 is 19.8 Å². The average Bonchev–Trinajstić information content (AvgIpc) is 2.93. The molecule has 0 saturated carbocycles. The molecule has 0 fully saturated rings. The summed E-state index contributed by atoms with van der Waals surface area (Å²) < 4.78 is 5.26. The van der Waals surface area contributed by atoms with Crippen molar-refractivity contribution in [2.24, 2.45) is 0 Å². The fourth-order valence-corrected chi connectivity index (χ4v) is 3.47. The molecule has 0 aromatic heterocycles. The van der Waals surface area contributed by atoms with E-state index in [1.54, 1.807) is 36.4 Å². The molecule has 144 valence electrons. The predicted molar refractivity (Wildman–Crippen MR) is 105 cm³/mol. The third-order valence-electron chi connectivity index (χ3n) is 5.03. The van der Waals surface area contributed by atoms with Crippen molar-refractivity contribution in [2.75, 3.05) is 18.0 Å². The number of phenolic OH excluding ortho intramolecular Hbond substituents is 1. The maximum Gasteiger partial charge on any atom is 0.341 e. The molecule has 0 spiro atoms. The third kappa shape index (κ3) is 3.65. The van der Waals surface area contributed by atoms with Crippen molar-refractivity contribution in [2.45, 2.75) is 45.3 Å². The van der Waals surface area contributed by atoms with Crippen LogP contribution in [0, 0.1) is 0 Å². The number of hydrogen-bond acceptors (Lipinski definition) is 5. The van der Waals surface area contributed by atoms with Crippen LogP contribution >= 0.6 is 0 Å². The number of ether oxygens (including phenoxy) is 1. The third-order valence-corrected chi connectivity index (χ3v) is 5.03. The first-order chi connectivity index (χ1) is 13.0. The number of carbonyl (C=O) groups is 1. The average molecular weight is 369 g/mol. The van der Waals surface area contributed by atoms with E-state index in [0.29, 0.717) is 11.1 Å². The molecule has 1 atom stereocenters. The first-order valence-corrected chi connectivity index (χ1v) is 9.65. The molecule has 0 saturated heterocycles. The molecule has 27 heavy (non-hydrogen) atoms. The fourth-order valence-electron chi connectivity index (χ4n) is 3.47. The van der Waals surface area contributed by atoms with Crippen molar-refractivity contribution in [3.8, 4) is 5.75 Å². The largest absolute Gasteiger partial charge is 0.507 e. The number of benzene rings is 2. The molecule has 2 aromatic rings. The van der Waals surface area contributed by atoms with Crippen molar-refractivity contribution in [3.63, 3.8) is 0 Å². The number of nitrogens with zero attached hydrogens (tertiary/aromatic N) is 1. The molecule has 2 N–H and O–H groups in total. The highest BCUT2D eigenvalue weighted by Crippen LogP contribution is 2.43. The number of aromatic hydroxyl groups is 1. The minimum atomic E-state index is -1.96. The minimum Gasteiger partial charge on any atom is -0.507 e. The maximum atomic E-state index is 12.1. The normalized spacial score (nSPS) is 18.3. The Labute approximate surface area is 160 Å². The van der Waals surface area contributed by atoms with Gasteiger partial charge in [0, 0.05) is 30.4 Å². The number of cyclic esters (lactones) is 1. The quantitative estimate of drug-likeness (QED) is 0.684. The van der Waals surface area contributed by atoms with Gasteiger partial charge in [-0.25, -0.2) is 4.79 Å². The Hall–Kier alpha value is -2.53. The van der Waals surface area contributed by atoms with E-state index in [0.717, 1.165) is 44.5 Å². The van der Waals surface area contributed by atoms with Crippen LogP contribution in [0.4, 0.5) is 5.69 Å². The highest BCUT2D eigenvalue weighted by molar-refractivity contribution is 5.95. The number of phenols is 1. The monoisotopic (exact) mass is 369 g/mol. The van der Waals surface area contributed by atoms with Crippen molar-refractivity contribution in [1.29, 1.82) is 0 Å². The molecule has 1 aliphatic rings. The Kier molecular flexibility index (Phi) is 5.71. The Balaban J connectivity index is 1.94. The van der Waals surface area contributed by atoms with Gasteiger partial charge in [0.2, 0.25) is 0 Å². The van der Waals surface area contributed by atoms with Crippen LogP contribution in [0.25, 0.3) is 0 Å². The van der Waals surface area contributed by atoms with Crippen LogP contribution < -0.4 is 4.90 Å². The Morgan fingerprint density at radius 1 is 1.00 bits per heavy atom. The van der Waals surface area contributed by atoms with E-state index in [2.05, 4.69) is 18.7 Å². The van der Waals surface area contributed by atoms with Gasteiger partial charge in [-0.05, 0) is 31.0 Å². The summed E-state index contributed by atoms with van der Waals surface area (Å²) in [5.41, 5.74) is 1.75. The number of anilines is 1. The molecule has 0 unspecified atom stereocenters. The van der Waals surface area contributed by atoms with E-state index in [-0.39, 0.29) is 11.3 Å². The van der Waals surface area contributed by atoms with Crippen LogP contribution in [0.5, 0.6) is 5.75 Å². The first kappa shape index (κ1) is 19.2. The maximum absolute atomic E-state index is 12.1.